The molecule has 2 heterocycles. The van der Waals surface area contributed by atoms with Crippen LogP contribution in [0.25, 0.3) is 0 Å². The third-order valence-corrected chi connectivity index (χ3v) is 3.28. The molecule has 0 bridgehead atoms. The Morgan fingerprint density at radius 1 is 1.25 bits per heavy atom. The number of fused-ring (bicyclic) bond motifs is 1. The van der Waals surface area contributed by atoms with Crippen LogP contribution in [0.15, 0.2) is 42.6 Å². The maximum atomic E-state index is 6.03. The zero-order chi connectivity index (χ0) is 11.0. The summed E-state index contributed by atoms with van der Waals surface area (Å²) in [5.74, 6) is 0. The summed E-state index contributed by atoms with van der Waals surface area (Å²) < 4.78 is 2.29. The Labute approximate surface area is 99.8 Å². The minimum atomic E-state index is 0.266. The topological polar surface area (TPSA) is 17.0 Å². The van der Waals surface area contributed by atoms with Gasteiger partial charge in [-0.25, -0.2) is 0 Å². The third kappa shape index (κ3) is 1.64. The number of aromatic nitrogens is 1. The van der Waals surface area contributed by atoms with Crippen molar-refractivity contribution in [3.05, 3.63) is 58.9 Å². The Morgan fingerprint density at radius 3 is 3.06 bits per heavy atom. The second-order valence-corrected chi connectivity index (χ2v) is 4.51. The lowest BCUT2D eigenvalue weighted by molar-refractivity contribution is 0.467. The fourth-order valence-electron chi connectivity index (χ4n) is 2.30. The molecule has 1 atom stereocenters. The van der Waals surface area contributed by atoms with E-state index in [4.69, 9.17) is 11.6 Å². The normalized spacial score (nSPS) is 19.4. The second kappa shape index (κ2) is 3.96. The van der Waals surface area contributed by atoms with E-state index < -0.39 is 0 Å². The van der Waals surface area contributed by atoms with E-state index in [1.807, 2.05) is 18.2 Å². The van der Waals surface area contributed by atoms with Crippen molar-refractivity contribution in [2.75, 3.05) is 6.54 Å². The molecule has 1 aliphatic heterocycles. The first-order valence-electron chi connectivity index (χ1n) is 5.48. The Morgan fingerprint density at radius 2 is 2.19 bits per heavy atom. The molecule has 0 amide bonds. The lowest BCUT2D eigenvalue weighted by Gasteiger charge is -2.26. The van der Waals surface area contributed by atoms with E-state index in [9.17, 15) is 0 Å². The van der Waals surface area contributed by atoms with Gasteiger partial charge in [0.25, 0.3) is 0 Å². The standard InChI is InChI=1S/C13H13ClN2/c14-11-4-1-3-10(9-11)13-12-5-2-7-16(12)8-6-15-13/h1-5,7,9,13,15H,6,8H2. The molecule has 82 valence electrons. The molecule has 1 unspecified atom stereocenters. The van der Waals surface area contributed by atoms with E-state index in [0.717, 1.165) is 18.1 Å². The molecule has 1 aromatic heterocycles. The highest BCUT2D eigenvalue weighted by Crippen LogP contribution is 2.26. The van der Waals surface area contributed by atoms with Crippen LogP contribution >= 0.6 is 11.6 Å². The molecule has 2 aromatic rings. The van der Waals surface area contributed by atoms with Gasteiger partial charge in [0.1, 0.15) is 0 Å². The Hall–Kier alpha value is -1.25. The summed E-state index contributed by atoms with van der Waals surface area (Å²) in [6, 6.07) is 12.6. The van der Waals surface area contributed by atoms with Crippen LogP contribution in [0.4, 0.5) is 0 Å². The summed E-state index contributed by atoms with van der Waals surface area (Å²) in [7, 11) is 0. The lowest BCUT2D eigenvalue weighted by atomic mass is 10.0. The molecule has 3 rings (SSSR count). The van der Waals surface area contributed by atoms with Crippen LogP contribution in [0.1, 0.15) is 17.3 Å². The van der Waals surface area contributed by atoms with Crippen molar-refractivity contribution in [2.45, 2.75) is 12.6 Å². The van der Waals surface area contributed by atoms with Gasteiger partial charge in [-0.15, -0.1) is 0 Å². The van der Waals surface area contributed by atoms with E-state index in [1.165, 1.54) is 11.3 Å². The number of nitrogens with zero attached hydrogens (tertiary/aromatic N) is 1. The van der Waals surface area contributed by atoms with Crippen LogP contribution < -0.4 is 5.32 Å². The first-order valence-corrected chi connectivity index (χ1v) is 5.86. The van der Waals surface area contributed by atoms with Gasteiger partial charge < -0.3 is 9.88 Å². The van der Waals surface area contributed by atoms with Crippen LogP contribution in [0, 0.1) is 0 Å². The number of rotatable bonds is 1. The fourth-order valence-corrected chi connectivity index (χ4v) is 2.50. The SMILES string of the molecule is Clc1cccc(C2NCCn3cccc32)c1. The molecule has 0 radical (unpaired) electrons. The van der Waals surface area contributed by atoms with E-state index in [-0.39, 0.29) is 6.04 Å². The van der Waals surface area contributed by atoms with Crippen molar-refractivity contribution in [3.63, 3.8) is 0 Å². The van der Waals surface area contributed by atoms with E-state index >= 15 is 0 Å². The molecule has 3 heteroatoms. The quantitative estimate of drug-likeness (QED) is 0.800. The molecule has 1 aromatic carbocycles. The summed E-state index contributed by atoms with van der Waals surface area (Å²) in [5.41, 5.74) is 2.54. The van der Waals surface area contributed by atoms with Crippen molar-refractivity contribution < 1.29 is 0 Å². The molecule has 1 aliphatic rings. The first-order chi connectivity index (χ1) is 7.84. The molecule has 16 heavy (non-hydrogen) atoms. The molecule has 0 aliphatic carbocycles. The average Bonchev–Trinajstić information content (AvgIpc) is 2.76. The largest absolute Gasteiger partial charge is 0.348 e. The van der Waals surface area contributed by atoms with Crippen LogP contribution in [0.3, 0.4) is 0 Å². The van der Waals surface area contributed by atoms with Crippen molar-refractivity contribution in [3.8, 4) is 0 Å². The minimum Gasteiger partial charge on any atom is -0.348 e. The maximum Gasteiger partial charge on any atom is 0.0732 e. The van der Waals surface area contributed by atoms with Gasteiger partial charge in [-0.1, -0.05) is 23.7 Å². The van der Waals surface area contributed by atoms with E-state index in [0.29, 0.717) is 0 Å². The van der Waals surface area contributed by atoms with Crippen LogP contribution in [0.2, 0.25) is 5.02 Å². The highest BCUT2D eigenvalue weighted by Gasteiger charge is 2.20. The van der Waals surface area contributed by atoms with Crippen LogP contribution in [-0.4, -0.2) is 11.1 Å². The van der Waals surface area contributed by atoms with Crippen LogP contribution in [-0.2, 0) is 6.54 Å². The number of hydrogen-bond donors (Lipinski definition) is 1. The summed E-state index contributed by atoms with van der Waals surface area (Å²) >= 11 is 6.03. The third-order valence-electron chi connectivity index (χ3n) is 3.04. The number of hydrogen-bond acceptors (Lipinski definition) is 1. The van der Waals surface area contributed by atoms with Gasteiger partial charge in [-0.2, -0.15) is 0 Å². The van der Waals surface area contributed by atoms with Gasteiger partial charge in [0.15, 0.2) is 0 Å². The molecule has 0 saturated heterocycles. The number of nitrogens with one attached hydrogen (secondary N) is 1. The Balaban J connectivity index is 2.04. The summed E-state index contributed by atoms with van der Waals surface area (Å²) in [6.07, 6.45) is 2.13. The number of halogens is 1. The highest BCUT2D eigenvalue weighted by atomic mass is 35.5. The Kier molecular flexibility index (Phi) is 2.46. The van der Waals surface area contributed by atoms with Gasteiger partial charge >= 0.3 is 0 Å². The predicted octanol–water partition coefficient (Wildman–Crippen LogP) is 2.83. The summed E-state index contributed by atoms with van der Waals surface area (Å²) in [5, 5.41) is 4.32. The predicted molar refractivity (Wildman–Crippen MR) is 65.7 cm³/mol. The zero-order valence-electron chi connectivity index (χ0n) is 8.86. The van der Waals surface area contributed by atoms with Gasteiger partial charge in [-0.3, -0.25) is 0 Å². The first kappa shape index (κ1) is 9.94. The average molecular weight is 233 g/mol. The summed E-state index contributed by atoms with van der Waals surface area (Å²) in [4.78, 5) is 0. The Bertz CT molecular complexity index is 504. The van der Waals surface area contributed by atoms with Crippen molar-refractivity contribution in [2.24, 2.45) is 0 Å². The molecule has 0 spiro atoms. The number of benzene rings is 1. The molecule has 2 nitrogen and oxygen atoms in total. The lowest BCUT2D eigenvalue weighted by Crippen LogP contribution is -2.33. The van der Waals surface area contributed by atoms with Crippen molar-refractivity contribution in [1.29, 1.82) is 0 Å². The zero-order valence-corrected chi connectivity index (χ0v) is 9.61. The van der Waals surface area contributed by atoms with Gasteiger partial charge in [0.05, 0.1) is 6.04 Å². The highest BCUT2D eigenvalue weighted by molar-refractivity contribution is 6.30. The molecular formula is C13H13ClN2. The maximum absolute atomic E-state index is 6.03. The van der Waals surface area contributed by atoms with Crippen molar-refractivity contribution >= 4 is 11.6 Å². The molecule has 0 fully saturated rings. The molecule has 0 saturated carbocycles. The molecule has 1 N–H and O–H groups in total. The van der Waals surface area contributed by atoms with E-state index in [2.05, 4.69) is 34.3 Å². The van der Waals surface area contributed by atoms with E-state index in [1.54, 1.807) is 0 Å². The second-order valence-electron chi connectivity index (χ2n) is 4.07. The monoisotopic (exact) mass is 232 g/mol. The molecular weight excluding hydrogens is 220 g/mol. The summed E-state index contributed by atoms with van der Waals surface area (Å²) in [6.45, 7) is 2.04. The van der Waals surface area contributed by atoms with Crippen LogP contribution in [0.5, 0.6) is 0 Å². The van der Waals surface area contributed by atoms with Gasteiger partial charge in [-0.05, 0) is 29.8 Å². The fraction of sp³-hybridized carbons (Fsp3) is 0.231. The smallest absolute Gasteiger partial charge is 0.0732 e. The van der Waals surface area contributed by atoms with Gasteiger partial charge in [0, 0.05) is 30.0 Å². The van der Waals surface area contributed by atoms with Gasteiger partial charge in [0.2, 0.25) is 0 Å². The minimum absolute atomic E-state index is 0.266. The van der Waals surface area contributed by atoms with Crippen molar-refractivity contribution in [1.82, 2.24) is 9.88 Å².